The molecule has 1 unspecified atom stereocenters. The van der Waals surface area contributed by atoms with Crippen molar-refractivity contribution in [1.29, 1.82) is 0 Å². The van der Waals surface area contributed by atoms with E-state index in [2.05, 4.69) is 30.9 Å². The van der Waals surface area contributed by atoms with Gasteiger partial charge in [0.2, 0.25) is 0 Å². The highest BCUT2D eigenvalue weighted by molar-refractivity contribution is 9.10. The fourth-order valence-electron chi connectivity index (χ4n) is 3.27. The third kappa shape index (κ3) is 3.44. The molecule has 3 aromatic heterocycles. The lowest BCUT2D eigenvalue weighted by molar-refractivity contribution is 0.380. The van der Waals surface area contributed by atoms with Crippen LogP contribution in [0.1, 0.15) is 19.0 Å². The van der Waals surface area contributed by atoms with E-state index in [0.717, 1.165) is 10.0 Å². The predicted octanol–water partition coefficient (Wildman–Crippen LogP) is 4.79. The van der Waals surface area contributed by atoms with Crippen molar-refractivity contribution in [2.24, 2.45) is 5.92 Å². The summed E-state index contributed by atoms with van der Waals surface area (Å²) in [5.41, 5.74) is 3.39. The smallest absolute Gasteiger partial charge is 0.318 e. The third-order valence-electron chi connectivity index (χ3n) is 4.70. The number of hydrogen-bond donors (Lipinski definition) is 0. The summed E-state index contributed by atoms with van der Waals surface area (Å²) in [5.74, 6) is 0.747. The van der Waals surface area contributed by atoms with Crippen molar-refractivity contribution < 1.29 is 9.13 Å². The number of hydrogen-bond acceptors (Lipinski definition) is 5. The van der Waals surface area contributed by atoms with E-state index in [1.807, 2.05) is 36.6 Å². The summed E-state index contributed by atoms with van der Waals surface area (Å²) < 4.78 is 22.6. The Kier molecular flexibility index (Phi) is 4.97. The van der Waals surface area contributed by atoms with Gasteiger partial charge in [0.25, 0.3) is 0 Å². The van der Waals surface area contributed by atoms with Gasteiger partial charge in [-0.2, -0.15) is 9.97 Å². The molecule has 144 valence electrons. The fraction of sp³-hybridized carbons (Fsp3) is 0.300. The zero-order valence-electron chi connectivity index (χ0n) is 15.8. The quantitative estimate of drug-likeness (QED) is 0.579. The van der Waals surface area contributed by atoms with Crippen LogP contribution in [0.15, 0.2) is 46.5 Å². The van der Waals surface area contributed by atoms with Crippen LogP contribution < -0.4 is 4.74 Å². The van der Waals surface area contributed by atoms with Crippen LogP contribution in [0.4, 0.5) is 4.39 Å². The summed E-state index contributed by atoms with van der Waals surface area (Å²) in [4.78, 5) is 17.8. The summed E-state index contributed by atoms with van der Waals surface area (Å²) in [6, 6.07) is 2.18. The molecule has 8 heteroatoms. The molecule has 0 saturated heterocycles. The van der Waals surface area contributed by atoms with Crippen molar-refractivity contribution in [3.05, 3.63) is 52.2 Å². The average molecular weight is 444 g/mol. The largest absolute Gasteiger partial charge is 0.467 e. The van der Waals surface area contributed by atoms with Crippen molar-refractivity contribution in [2.75, 3.05) is 7.11 Å². The molecule has 0 aliphatic heterocycles. The average Bonchev–Trinajstić information content (AvgIpc) is 3.03. The van der Waals surface area contributed by atoms with Crippen molar-refractivity contribution in [3.63, 3.8) is 0 Å². The van der Waals surface area contributed by atoms with Crippen LogP contribution in [0, 0.1) is 12.8 Å². The molecule has 1 atom stereocenters. The van der Waals surface area contributed by atoms with E-state index in [-0.39, 0.29) is 17.8 Å². The minimum Gasteiger partial charge on any atom is -0.467 e. The Hall–Kier alpha value is -2.61. The molecule has 0 N–H and O–H groups in total. The number of pyridine rings is 1. The van der Waals surface area contributed by atoms with Crippen molar-refractivity contribution in [1.82, 2.24) is 24.5 Å². The van der Waals surface area contributed by atoms with Crippen LogP contribution in [-0.2, 0) is 6.54 Å². The van der Waals surface area contributed by atoms with E-state index >= 15 is 0 Å². The molecule has 0 radical (unpaired) electrons. The van der Waals surface area contributed by atoms with Gasteiger partial charge in [-0.15, -0.1) is 0 Å². The van der Waals surface area contributed by atoms with Crippen LogP contribution in [0.25, 0.3) is 22.6 Å². The molecule has 0 aromatic carbocycles. The number of ether oxygens (including phenoxy) is 1. The van der Waals surface area contributed by atoms with Gasteiger partial charge in [-0.3, -0.25) is 4.98 Å². The summed E-state index contributed by atoms with van der Waals surface area (Å²) in [5, 5.41) is 0. The van der Waals surface area contributed by atoms with Crippen LogP contribution in [0.5, 0.6) is 6.01 Å². The number of imidazole rings is 1. The topological polar surface area (TPSA) is 65.7 Å². The Morgan fingerprint density at radius 2 is 2.11 bits per heavy atom. The molecule has 6 nitrogen and oxygen atoms in total. The number of fused-ring (bicyclic) bond motifs is 1. The molecule has 1 aliphatic rings. The second-order valence-electron chi connectivity index (χ2n) is 6.85. The molecule has 1 aliphatic carbocycles. The minimum absolute atomic E-state index is 0.104. The molecule has 0 saturated carbocycles. The van der Waals surface area contributed by atoms with Gasteiger partial charge in [0.1, 0.15) is 17.2 Å². The van der Waals surface area contributed by atoms with E-state index in [1.165, 1.54) is 7.11 Å². The highest BCUT2D eigenvalue weighted by atomic mass is 79.9. The van der Waals surface area contributed by atoms with Crippen molar-refractivity contribution in [3.8, 4) is 17.4 Å². The molecule has 0 bridgehead atoms. The van der Waals surface area contributed by atoms with Gasteiger partial charge in [0, 0.05) is 34.4 Å². The van der Waals surface area contributed by atoms with Gasteiger partial charge in [-0.05, 0) is 34.8 Å². The van der Waals surface area contributed by atoms with E-state index in [0.29, 0.717) is 41.2 Å². The zero-order chi connectivity index (χ0) is 19.8. The predicted molar refractivity (Wildman–Crippen MR) is 109 cm³/mol. The van der Waals surface area contributed by atoms with Crippen LogP contribution in [-0.4, -0.2) is 31.6 Å². The number of rotatable bonds is 4. The van der Waals surface area contributed by atoms with Gasteiger partial charge in [0.05, 0.1) is 19.3 Å². The molecular weight excluding hydrogens is 425 g/mol. The molecule has 0 spiro atoms. The van der Waals surface area contributed by atoms with E-state index in [9.17, 15) is 4.39 Å². The first kappa shape index (κ1) is 18.7. The van der Waals surface area contributed by atoms with E-state index in [1.54, 1.807) is 12.4 Å². The lowest BCUT2D eigenvalue weighted by atomic mass is 9.97. The van der Waals surface area contributed by atoms with E-state index in [4.69, 9.17) is 9.72 Å². The van der Waals surface area contributed by atoms with Crippen LogP contribution in [0.2, 0.25) is 0 Å². The second-order valence-corrected chi connectivity index (χ2v) is 7.77. The number of aromatic nitrogens is 5. The van der Waals surface area contributed by atoms with Gasteiger partial charge in [-0.1, -0.05) is 19.1 Å². The summed E-state index contributed by atoms with van der Waals surface area (Å²) in [6.07, 6.45) is 7.72. The molecule has 3 heterocycles. The molecule has 0 amide bonds. The Morgan fingerprint density at radius 3 is 2.82 bits per heavy atom. The lowest BCUT2D eigenvalue weighted by Gasteiger charge is -2.16. The first-order chi connectivity index (χ1) is 13.5. The standard InChI is InChI=1S/C20H19BrFN5O/c1-11-4-5-13(16(22)6-11)10-27-18(14-7-15(21)9-23-8-14)25-17-12(2)24-20(28-3)26-19(17)27/h4-5,7-9,11H,6,10H2,1-3H3. The maximum absolute atomic E-state index is 14.6. The van der Waals surface area contributed by atoms with Gasteiger partial charge in [0.15, 0.2) is 5.65 Å². The number of allylic oxidation sites excluding steroid dienone is 4. The van der Waals surface area contributed by atoms with Crippen LogP contribution in [0.3, 0.4) is 0 Å². The van der Waals surface area contributed by atoms with Gasteiger partial charge >= 0.3 is 6.01 Å². The minimum atomic E-state index is -0.104. The molecule has 0 fully saturated rings. The Morgan fingerprint density at radius 1 is 1.29 bits per heavy atom. The normalized spacial score (nSPS) is 16.8. The Bertz CT molecular complexity index is 1120. The first-order valence-corrected chi connectivity index (χ1v) is 9.71. The Balaban J connectivity index is 1.93. The second kappa shape index (κ2) is 7.43. The Labute approximate surface area is 170 Å². The maximum atomic E-state index is 14.6. The third-order valence-corrected chi connectivity index (χ3v) is 5.13. The SMILES string of the molecule is COc1nc(C)c2nc(-c3cncc(Br)c3)n(CC3=C(F)CC(C)C=C3)c2n1. The zero-order valence-corrected chi connectivity index (χ0v) is 17.4. The van der Waals surface area contributed by atoms with Gasteiger partial charge < -0.3 is 9.30 Å². The van der Waals surface area contributed by atoms with Crippen molar-refractivity contribution in [2.45, 2.75) is 26.8 Å². The van der Waals surface area contributed by atoms with Crippen LogP contribution >= 0.6 is 15.9 Å². The molecule has 28 heavy (non-hydrogen) atoms. The summed E-state index contributed by atoms with van der Waals surface area (Å²) in [7, 11) is 1.52. The van der Waals surface area contributed by atoms with E-state index < -0.39 is 0 Å². The first-order valence-electron chi connectivity index (χ1n) is 8.91. The summed E-state index contributed by atoms with van der Waals surface area (Å²) >= 11 is 3.45. The lowest BCUT2D eigenvalue weighted by Crippen LogP contribution is -2.09. The monoisotopic (exact) mass is 443 g/mol. The molecule has 3 aromatic rings. The number of nitrogens with zero attached hydrogens (tertiary/aromatic N) is 5. The number of halogens is 2. The van der Waals surface area contributed by atoms with Crippen molar-refractivity contribution >= 4 is 27.1 Å². The maximum Gasteiger partial charge on any atom is 0.318 e. The summed E-state index contributed by atoms with van der Waals surface area (Å²) in [6.45, 7) is 4.17. The fourth-order valence-corrected chi connectivity index (χ4v) is 3.63. The highest BCUT2D eigenvalue weighted by Crippen LogP contribution is 2.31. The number of aryl methyl sites for hydroxylation is 1. The molecule has 4 rings (SSSR count). The number of methoxy groups -OCH3 is 1. The highest BCUT2D eigenvalue weighted by Gasteiger charge is 2.21. The molecular formula is C20H19BrFN5O. The van der Waals surface area contributed by atoms with Gasteiger partial charge in [-0.25, -0.2) is 9.37 Å².